The lowest BCUT2D eigenvalue weighted by Gasteiger charge is -1.95. The average Bonchev–Trinajstić information content (AvgIpc) is 2.48. The Morgan fingerprint density at radius 3 is 2.77 bits per heavy atom. The summed E-state index contributed by atoms with van der Waals surface area (Å²) in [7, 11) is -3.28. The molecule has 0 aliphatic carbocycles. The van der Waals surface area contributed by atoms with Crippen LogP contribution < -0.4 is 0 Å². The topological polar surface area (TPSA) is 72.8 Å². The third kappa shape index (κ3) is 1.40. The zero-order valence-electron chi connectivity index (χ0n) is 6.63. The molecule has 2 aromatic heterocycles. The Kier molecular flexibility index (Phi) is 1.77. The second-order valence-corrected chi connectivity index (χ2v) is 5.24. The van der Waals surface area contributed by atoms with Gasteiger partial charge in [0, 0.05) is 6.26 Å². The van der Waals surface area contributed by atoms with Gasteiger partial charge in [-0.05, 0) is 0 Å². The summed E-state index contributed by atoms with van der Waals surface area (Å²) in [6.45, 7) is 0. The molecule has 7 heteroatoms. The molecular weight excluding hydrogens is 210 g/mol. The Bertz CT molecular complexity index is 546. The number of hydrogen-bond acceptors (Lipinski definition) is 6. The predicted octanol–water partition coefficient (Wildman–Crippen LogP) is 0.490. The van der Waals surface area contributed by atoms with Crippen LogP contribution in [0, 0.1) is 0 Å². The van der Waals surface area contributed by atoms with Gasteiger partial charge in [-0.2, -0.15) is 0 Å². The summed E-state index contributed by atoms with van der Waals surface area (Å²) in [5, 5.41) is 0.0556. The highest BCUT2D eigenvalue weighted by atomic mass is 32.2. The summed E-state index contributed by atoms with van der Waals surface area (Å²) >= 11 is 1.23. The second-order valence-electron chi connectivity index (χ2n) is 2.46. The highest BCUT2D eigenvalue weighted by Crippen LogP contribution is 2.21. The van der Waals surface area contributed by atoms with Crippen molar-refractivity contribution in [1.82, 2.24) is 15.0 Å². The number of rotatable bonds is 1. The number of thiazole rings is 1. The zero-order valence-corrected chi connectivity index (χ0v) is 8.26. The van der Waals surface area contributed by atoms with Crippen molar-refractivity contribution >= 4 is 31.5 Å². The van der Waals surface area contributed by atoms with Crippen LogP contribution >= 0.6 is 11.3 Å². The average molecular weight is 215 g/mol. The van der Waals surface area contributed by atoms with Crippen LogP contribution in [-0.2, 0) is 9.84 Å². The molecule has 0 aliphatic heterocycles. The van der Waals surface area contributed by atoms with E-state index in [9.17, 15) is 8.42 Å². The van der Waals surface area contributed by atoms with Crippen LogP contribution in [0.5, 0.6) is 0 Å². The first-order valence-corrected chi connectivity index (χ1v) is 6.10. The summed E-state index contributed by atoms with van der Waals surface area (Å²) in [6.07, 6.45) is 2.33. The highest BCUT2D eigenvalue weighted by Gasteiger charge is 2.15. The fraction of sp³-hybridized carbons (Fsp3) is 0.167. The van der Waals surface area contributed by atoms with Crippen LogP contribution in [0.25, 0.3) is 10.3 Å². The molecule has 0 amide bonds. The van der Waals surface area contributed by atoms with E-state index in [0.29, 0.717) is 10.3 Å². The van der Waals surface area contributed by atoms with Crippen molar-refractivity contribution in [3.8, 4) is 0 Å². The number of nitrogens with zero attached hydrogens (tertiary/aromatic N) is 3. The molecule has 0 N–H and O–H groups in total. The van der Waals surface area contributed by atoms with E-state index in [4.69, 9.17) is 0 Å². The van der Waals surface area contributed by atoms with Gasteiger partial charge in [-0.1, -0.05) is 0 Å². The van der Waals surface area contributed by atoms with E-state index in [2.05, 4.69) is 15.0 Å². The molecule has 0 fully saturated rings. The van der Waals surface area contributed by atoms with Crippen molar-refractivity contribution in [3.05, 3.63) is 11.8 Å². The Morgan fingerprint density at radius 1 is 1.31 bits per heavy atom. The lowest BCUT2D eigenvalue weighted by molar-refractivity contribution is 0.599. The lowest BCUT2D eigenvalue weighted by Crippen LogP contribution is -2.00. The van der Waals surface area contributed by atoms with Crippen LogP contribution in [0.3, 0.4) is 0 Å². The minimum atomic E-state index is -3.28. The van der Waals surface area contributed by atoms with E-state index in [1.807, 2.05) is 0 Å². The Labute approximate surface area is 78.4 Å². The molecule has 0 saturated carbocycles. The van der Waals surface area contributed by atoms with E-state index < -0.39 is 9.84 Å². The minimum Gasteiger partial charge on any atom is -0.225 e. The van der Waals surface area contributed by atoms with Gasteiger partial charge in [0.15, 0.2) is 20.5 Å². The molecule has 2 rings (SSSR count). The number of aromatic nitrogens is 3. The van der Waals surface area contributed by atoms with Gasteiger partial charge in [-0.25, -0.2) is 23.4 Å². The molecule has 0 spiro atoms. The van der Waals surface area contributed by atoms with Gasteiger partial charge in [0.05, 0.1) is 5.51 Å². The maximum Gasteiger partial charge on any atom is 0.194 e. The van der Waals surface area contributed by atoms with Crippen LogP contribution in [-0.4, -0.2) is 29.6 Å². The van der Waals surface area contributed by atoms with Crippen LogP contribution in [0.1, 0.15) is 0 Å². The van der Waals surface area contributed by atoms with Crippen molar-refractivity contribution in [1.29, 1.82) is 0 Å². The minimum absolute atomic E-state index is 0.0556. The SMILES string of the molecule is CS(=O)(=O)c1ncnc2ncsc12. The first kappa shape index (κ1) is 8.52. The second kappa shape index (κ2) is 2.71. The number of hydrogen-bond donors (Lipinski definition) is 0. The van der Waals surface area contributed by atoms with Gasteiger partial charge in [-0.3, -0.25) is 0 Å². The van der Waals surface area contributed by atoms with Gasteiger partial charge in [-0.15, -0.1) is 11.3 Å². The summed E-state index contributed by atoms with van der Waals surface area (Å²) in [5.74, 6) is 0. The molecule has 0 radical (unpaired) electrons. The molecule has 5 nitrogen and oxygen atoms in total. The van der Waals surface area contributed by atoms with E-state index in [0.717, 1.165) is 6.26 Å². The van der Waals surface area contributed by atoms with E-state index >= 15 is 0 Å². The monoisotopic (exact) mass is 215 g/mol. The molecule has 68 valence electrons. The Hall–Kier alpha value is -1.08. The summed E-state index contributed by atoms with van der Waals surface area (Å²) in [5.41, 5.74) is 1.98. The predicted molar refractivity (Wildman–Crippen MR) is 48.3 cm³/mol. The van der Waals surface area contributed by atoms with Crippen molar-refractivity contribution in [2.24, 2.45) is 0 Å². The normalized spacial score (nSPS) is 12.1. The summed E-state index contributed by atoms with van der Waals surface area (Å²) < 4.78 is 23.0. The van der Waals surface area contributed by atoms with Crippen LogP contribution in [0.2, 0.25) is 0 Å². The lowest BCUT2D eigenvalue weighted by atomic mass is 10.6. The maximum absolute atomic E-state index is 11.2. The van der Waals surface area contributed by atoms with Gasteiger partial charge < -0.3 is 0 Å². The standard InChI is InChI=1S/C6H5N3O2S2/c1-13(10,11)6-4-5(7-2-8-6)9-3-12-4/h2-3H,1H3. The quantitative estimate of drug-likeness (QED) is 0.647. The first-order valence-electron chi connectivity index (χ1n) is 3.33. The van der Waals surface area contributed by atoms with Crippen molar-refractivity contribution in [3.63, 3.8) is 0 Å². The molecule has 13 heavy (non-hydrogen) atoms. The van der Waals surface area contributed by atoms with Gasteiger partial charge in [0.1, 0.15) is 11.0 Å². The van der Waals surface area contributed by atoms with Crippen molar-refractivity contribution in [2.75, 3.05) is 6.26 Å². The fourth-order valence-electron chi connectivity index (χ4n) is 0.937. The molecule has 0 atom stereocenters. The third-order valence-electron chi connectivity index (χ3n) is 1.45. The third-order valence-corrected chi connectivity index (χ3v) is 3.41. The van der Waals surface area contributed by atoms with Gasteiger partial charge >= 0.3 is 0 Å². The van der Waals surface area contributed by atoms with Gasteiger partial charge in [0.25, 0.3) is 0 Å². The molecule has 0 bridgehead atoms. The largest absolute Gasteiger partial charge is 0.225 e. The van der Waals surface area contributed by atoms with Crippen LogP contribution in [0.4, 0.5) is 0 Å². The van der Waals surface area contributed by atoms with Crippen molar-refractivity contribution in [2.45, 2.75) is 5.03 Å². The molecule has 0 unspecified atom stereocenters. The molecular formula is C6H5N3O2S2. The zero-order chi connectivity index (χ0) is 9.47. The fourth-order valence-corrected chi connectivity index (χ4v) is 2.82. The Balaban J connectivity index is 2.91. The molecule has 0 saturated heterocycles. The van der Waals surface area contributed by atoms with Crippen molar-refractivity contribution < 1.29 is 8.42 Å². The summed E-state index contributed by atoms with van der Waals surface area (Å²) in [4.78, 5) is 11.5. The van der Waals surface area contributed by atoms with Gasteiger partial charge in [0.2, 0.25) is 0 Å². The molecule has 2 aromatic rings. The molecule has 0 aliphatic rings. The summed E-state index contributed by atoms with van der Waals surface area (Å²) in [6, 6.07) is 0. The smallest absolute Gasteiger partial charge is 0.194 e. The Morgan fingerprint density at radius 2 is 2.08 bits per heavy atom. The first-order chi connectivity index (χ1) is 6.09. The van der Waals surface area contributed by atoms with Crippen LogP contribution in [0.15, 0.2) is 16.9 Å². The highest BCUT2D eigenvalue weighted by molar-refractivity contribution is 7.91. The number of fused-ring (bicyclic) bond motifs is 1. The van der Waals surface area contributed by atoms with E-state index in [1.165, 1.54) is 17.7 Å². The van der Waals surface area contributed by atoms with E-state index in [-0.39, 0.29) is 5.03 Å². The molecule has 0 aromatic carbocycles. The number of sulfone groups is 1. The maximum atomic E-state index is 11.2. The molecule has 2 heterocycles. The van der Waals surface area contributed by atoms with E-state index in [1.54, 1.807) is 5.51 Å².